The Balaban J connectivity index is 0. The first-order valence-corrected chi connectivity index (χ1v) is 8.45. The van der Waals surface area contributed by atoms with E-state index in [1.165, 1.54) is 24.0 Å². The van der Waals surface area contributed by atoms with E-state index in [0.29, 0.717) is 12.0 Å². The maximum Gasteiger partial charge on any atom is 0.0759 e. The Bertz CT molecular complexity index is 271. The van der Waals surface area contributed by atoms with Gasteiger partial charge in [0, 0.05) is 13.7 Å². The summed E-state index contributed by atoms with van der Waals surface area (Å²) in [6.45, 7) is 16.6. The van der Waals surface area contributed by atoms with Crippen LogP contribution < -0.4 is 0 Å². The average Bonchev–Trinajstić information content (AvgIpc) is 3.00. The van der Waals surface area contributed by atoms with Crippen molar-refractivity contribution in [1.82, 2.24) is 0 Å². The fourth-order valence-corrected chi connectivity index (χ4v) is 1.59. The van der Waals surface area contributed by atoms with E-state index in [1.54, 1.807) is 7.11 Å². The van der Waals surface area contributed by atoms with Crippen molar-refractivity contribution < 1.29 is 9.47 Å². The van der Waals surface area contributed by atoms with Crippen molar-refractivity contribution in [2.45, 2.75) is 73.8 Å². The molecule has 2 nitrogen and oxygen atoms in total. The van der Waals surface area contributed by atoms with E-state index >= 15 is 0 Å². The molecule has 1 fully saturated rings. The molecule has 0 aromatic heterocycles. The van der Waals surface area contributed by atoms with Crippen LogP contribution in [0.3, 0.4) is 0 Å². The van der Waals surface area contributed by atoms with Crippen LogP contribution in [-0.2, 0) is 9.47 Å². The van der Waals surface area contributed by atoms with E-state index in [9.17, 15) is 0 Å². The summed E-state index contributed by atoms with van der Waals surface area (Å²) in [5.74, 6) is 0.666. The Kier molecular flexibility index (Phi) is 17.0. The Morgan fingerprint density at radius 2 is 1.90 bits per heavy atom. The molecule has 0 bridgehead atoms. The smallest absolute Gasteiger partial charge is 0.0759 e. The van der Waals surface area contributed by atoms with Gasteiger partial charge in [0.2, 0.25) is 0 Å². The second-order valence-electron chi connectivity index (χ2n) is 5.48. The molecule has 0 N–H and O–H groups in total. The summed E-state index contributed by atoms with van der Waals surface area (Å²) in [4.78, 5) is 0. The summed E-state index contributed by atoms with van der Waals surface area (Å²) in [5, 5.41) is 0. The molecule has 1 saturated heterocycles. The van der Waals surface area contributed by atoms with E-state index in [4.69, 9.17) is 9.47 Å². The summed E-state index contributed by atoms with van der Waals surface area (Å²) in [7, 11) is 1.71. The summed E-state index contributed by atoms with van der Waals surface area (Å²) < 4.78 is 10.3. The van der Waals surface area contributed by atoms with E-state index in [2.05, 4.69) is 46.8 Å². The third-order valence-electron chi connectivity index (χ3n) is 3.48. The highest BCUT2D eigenvalue weighted by Gasteiger charge is 2.12. The van der Waals surface area contributed by atoms with Gasteiger partial charge in [0.1, 0.15) is 0 Å². The maximum atomic E-state index is 5.50. The molecule has 0 saturated carbocycles. The van der Waals surface area contributed by atoms with Gasteiger partial charge < -0.3 is 9.47 Å². The molecule has 1 heterocycles. The zero-order chi connectivity index (χ0) is 16.7. The van der Waals surface area contributed by atoms with Crippen LogP contribution in [-0.4, -0.2) is 26.4 Å². The predicted octanol–water partition coefficient (Wildman–Crippen LogP) is 5.78. The van der Waals surface area contributed by atoms with Crippen molar-refractivity contribution in [2.24, 2.45) is 5.92 Å². The van der Waals surface area contributed by atoms with Crippen molar-refractivity contribution >= 4 is 0 Å². The third-order valence-corrected chi connectivity index (χ3v) is 3.48. The van der Waals surface area contributed by atoms with Crippen LogP contribution >= 0.6 is 0 Å². The molecule has 0 aliphatic carbocycles. The number of ether oxygens (including phenoxy) is 2. The first-order valence-electron chi connectivity index (χ1n) is 8.45. The number of methoxy groups -OCH3 is 1. The molecule has 0 amide bonds. The predicted molar refractivity (Wildman–Crippen MR) is 94.8 cm³/mol. The second-order valence-corrected chi connectivity index (χ2v) is 5.48. The topological polar surface area (TPSA) is 18.5 Å². The van der Waals surface area contributed by atoms with Gasteiger partial charge in [0.25, 0.3) is 0 Å². The van der Waals surface area contributed by atoms with E-state index in [0.717, 1.165) is 19.6 Å². The molecule has 1 aliphatic rings. The molecule has 126 valence electrons. The highest BCUT2D eigenvalue weighted by Crippen LogP contribution is 2.17. The molecule has 1 aliphatic heterocycles. The number of allylic oxidation sites excluding steroid dienone is 2. The van der Waals surface area contributed by atoms with E-state index in [1.807, 2.05) is 13.8 Å². The highest BCUT2D eigenvalue weighted by atomic mass is 16.5. The van der Waals surface area contributed by atoms with Crippen LogP contribution in [0.25, 0.3) is 0 Å². The number of rotatable bonds is 5. The van der Waals surface area contributed by atoms with Gasteiger partial charge >= 0.3 is 0 Å². The van der Waals surface area contributed by atoms with Crippen LogP contribution in [0.2, 0.25) is 0 Å². The minimum Gasteiger partial charge on any atom is -0.381 e. The van der Waals surface area contributed by atoms with Gasteiger partial charge in [-0.3, -0.25) is 0 Å². The Morgan fingerprint density at radius 3 is 2.29 bits per heavy atom. The Hall–Kier alpha value is -0.600. The lowest BCUT2D eigenvalue weighted by molar-refractivity contribution is 0.144. The number of hydrogen-bond acceptors (Lipinski definition) is 2. The van der Waals surface area contributed by atoms with Gasteiger partial charge in [-0.15, -0.1) is 0 Å². The molecular weight excluding hydrogens is 260 g/mol. The molecule has 0 spiro atoms. The summed E-state index contributed by atoms with van der Waals surface area (Å²) >= 11 is 0. The molecule has 0 radical (unpaired) electrons. The van der Waals surface area contributed by atoms with Crippen LogP contribution in [0.5, 0.6) is 0 Å². The summed E-state index contributed by atoms with van der Waals surface area (Å²) in [5.41, 5.74) is 2.85. The van der Waals surface area contributed by atoms with Crippen LogP contribution in [0.1, 0.15) is 67.7 Å². The minimum absolute atomic E-state index is 0.414. The lowest BCUT2D eigenvalue weighted by Gasteiger charge is -2.08. The Morgan fingerprint density at radius 1 is 1.29 bits per heavy atom. The van der Waals surface area contributed by atoms with Crippen LogP contribution in [0.15, 0.2) is 23.3 Å². The van der Waals surface area contributed by atoms with Crippen molar-refractivity contribution in [2.75, 3.05) is 20.3 Å². The maximum absolute atomic E-state index is 5.50. The van der Waals surface area contributed by atoms with E-state index < -0.39 is 0 Å². The Labute approximate surface area is 133 Å². The molecule has 1 atom stereocenters. The van der Waals surface area contributed by atoms with Crippen molar-refractivity contribution in [3.05, 3.63) is 23.3 Å². The van der Waals surface area contributed by atoms with Gasteiger partial charge in [0.05, 0.1) is 12.7 Å². The molecule has 0 aromatic rings. The van der Waals surface area contributed by atoms with Gasteiger partial charge in [0.15, 0.2) is 0 Å². The van der Waals surface area contributed by atoms with Crippen molar-refractivity contribution in [3.8, 4) is 0 Å². The van der Waals surface area contributed by atoms with E-state index in [-0.39, 0.29) is 0 Å². The largest absolute Gasteiger partial charge is 0.381 e. The molecule has 1 rings (SSSR count). The van der Waals surface area contributed by atoms with Crippen molar-refractivity contribution in [1.29, 1.82) is 0 Å². The molecule has 1 unspecified atom stereocenters. The first kappa shape index (κ1) is 22.7. The molecule has 2 heteroatoms. The zero-order valence-corrected chi connectivity index (χ0v) is 15.7. The monoisotopic (exact) mass is 298 g/mol. The summed E-state index contributed by atoms with van der Waals surface area (Å²) in [6.07, 6.45) is 8.36. The van der Waals surface area contributed by atoms with Crippen LogP contribution in [0, 0.1) is 5.92 Å². The van der Waals surface area contributed by atoms with Gasteiger partial charge in [-0.1, -0.05) is 57.9 Å². The van der Waals surface area contributed by atoms with Crippen molar-refractivity contribution in [3.63, 3.8) is 0 Å². The lowest BCUT2D eigenvalue weighted by Crippen LogP contribution is -2.02. The SMILES string of the molecule is C/C(=C\C1CCCO1)C(C)C.CC.CC/C(C)=C/COC. The van der Waals surface area contributed by atoms with Gasteiger partial charge in [-0.05, 0) is 39.0 Å². The average molecular weight is 299 g/mol. The fraction of sp³-hybridized carbons (Fsp3) is 0.789. The molecule has 0 aromatic carbocycles. The van der Waals surface area contributed by atoms with Gasteiger partial charge in [-0.25, -0.2) is 0 Å². The molecular formula is C19H38O2. The quantitative estimate of drug-likeness (QED) is 0.599. The number of hydrogen-bond donors (Lipinski definition) is 0. The zero-order valence-electron chi connectivity index (χ0n) is 15.7. The minimum atomic E-state index is 0.414. The first-order chi connectivity index (χ1) is 10.0. The summed E-state index contributed by atoms with van der Waals surface area (Å²) in [6, 6.07) is 0. The van der Waals surface area contributed by atoms with Crippen LogP contribution in [0.4, 0.5) is 0 Å². The second kappa shape index (κ2) is 15.8. The van der Waals surface area contributed by atoms with Gasteiger partial charge in [-0.2, -0.15) is 0 Å². The molecule has 21 heavy (non-hydrogen) atoms. The lowest BCUT2D eigenvalue weighted by atomic mass is 10.0. The third kappa shape index (κ3) is 14.1. The normalized spacial score (nSPS) is 18.8. The highest BCUT2D eigenvalue weighted by molar-refractivity contribution is 5.05. The fourth-order valence-electron chi connectivity index (χ4n) is 1.59. The standard InChI is InChI=1S/C10H18O.C7H14O.C2H6/c1-8(2)9(3)7-10-5-4-6-11-10;1-4-7(2)5-6-8-3;1-2/h7-8,10H,4-6H2,1-3H3;5H,4,6H2,1-3H3;1-2H3/b9-7+;7-5+;.